The van der Waals surface area contributed by atoms with Crippen molar-refractivity contribution in [3.05, 3.63) is 0 Å². The Morgan fingerprint density at radius 3 is 2.32 bits per heavy atom. The molecule has 0 bridgehead atoms. The molecule has 1 atom stereocenters. The zero-order valence-corrected chi connectivity index (χ0v) is 13.0. The number of nitrogens with zero attached hydrogens (tertiary/aromatic N) is 1. The van der Waals surface area contributed by atoms with Gasteiger partial charge in [0.25, 0.3) is 0 Å². The van der Waals surface area contributed by atoms with Gasteiger partial charge in [-0.05, 0) is 38.3 Å². The fourth-order valence-corrected chi connectivity index (χ4v) is 3.15. The summed E-state index contributed by atoms with van der Waals surface area (Å²) in [5.74, 6) is 0.748. The molecule has 0 unspecified atom stereocenters. The highest BCUT2D eigenvalue weighted by atomic mass is 16.5. The maximum absolute atomic E-state index is 12.2. The van der Waals surface area contributed by atoms with Crippen molar-refractivity contribution in [2.75, 3.05) is 26.2 Å². The summed E-state index contributed by atoms with van der Waals surface area (Å²) >= 11 is 0. The summed E-state index contributed by atoms with van der Waals surface area (Å²) < 4.78 is 5.50. The average Bonchev–Trinajstić information content (AvgIpc) is 2.45. The van der Waals surface area contributed by atoms with Crippen molar-refractivity contribution in [2.24, 2.45) is 11.8 Å². The van der Waals surface area contributed by atoms with E-state index in [0.717, 1.165) is 26.1 Å². The molecule has 0 N–H and O–H groups in total. The van der Waals surface area contributed by atoms with E-state index in [1.54, 1.807) is 0 Å². The molecule has 0 aromatic rings. The Morgan fingerprint density at radius 2 is 1.79 bits per heavy atom. The first-order chi connectivity index (χ1) is 9.22. The molecule has 1 saturated carbocycles. The van der Waals surface area contributed by atoms with Gasteiger partial charge in [-0.2, -0.15) is 0 Å². The second kappa shape index (κ2) is 9.35. The van der Waals surface area contributed by atoms with E-state index in [0.29, 0.717) is 12.5 Å². The molecule has 3 heteroatoms. The van der Waals surface area contributed by atoms with Crippen molar-refractivity contribution in [1.82, 2.24) is 4.90 Å². The van der Waals surface area contributed by atoms with Crippen LogP contribution in [0.25, 0.3) is 0 Å². The number of hydrogen-bond donors (Lipinski definition) is 0. The van der Waals surface area contributed by atoms with Crippen molar-refractivity contribution in [3.63, 3.8) is 0 Å². The first kappa shape index (κ1) is 16.5. The van der Waals surface area contributed by atoms with Crippen molar-refractivity contribution >= 4 is 5.97 Å². The van der Waals surface area contributed by atoms with Gasteiger partial charge in [0, 0.05) is 6.54 Å². The van der Waals surface area contributed by atoms with Crippen LogP contribution in [0.5, 0.6) is 0 Å². The normalized spacial score (nSPS) is 18.5. The number of hydrogen-bond acceptors (Lipinski definition) is 3. The lowest BCUT2D eigenvalue weighted by atomic mass is 9.79. The van der Waals surface area contributed by atoms with Crippen LogP contribution in [-0.4, -0.2) is 37.1 Å². The van der Waals surface area contributed by atoms with E-state index in [1.807, 2.05) is 0 Å². The molecule has 19 heavy (non-hydrogen) atoms. The van der Waals surface area contributed by atoms with Crippen LogP contribution >= 0.6 is 0 Å². The first-order valence-corrected chi connectivity index (χ1v) is 8.11. The molecule has 0 heterocycles. The van der Waals surface area contributed by atoms with Crippen LogP contribution in [0.1, 0.15) is 59.3 Å². The van der Waals surface area contributed by atoms with Crippen molar-refractivity contribution < 1.29 is 9.53 Å². The van der Waals surface area contributed by atoms with Gasteiger partial charge in [-0.1, -0.05) is 40.0 Å². The molecule has 112 valence electrons. The smallest absolute Gasteiger partial charge is 0.309 e. The van der Waals surface area contributed by atoms with Gasteiger partial charge in [0.1, 0.15) is 6.61 Å². The van der Waals surface area contributed by atoms with Crippen molar-refractivity contribution in [1.29, 1.82) is 0 Å². The lowest BCUT2D eigenvalue weighted by Gasteiger charge is -2.28. The Bertz CT molecular complexity index is 245. The number of likely N-dealkylation sites (N-methyl/N-ethyl adjacent to an activating group) is 1. The van der Waals surface area contributed by atoms with Gasteiger partial charge in [-0.15, -0.1) is 0 Å². The number of ether oxygens (including phenoxy) is 1. The first-order valence-electron chi connectivity index (χ1n) is 8.11. The summed E-state index contributed by atoms with van der Waals surface area (Å²) in [5, 5.41) is 0. The van der Waals surface area contributed by atoms with Crippen molar-refractivity contribution in [2.45, 2.75) is 59.3 Å². The van der Waals surface area contributed by atoms with E-state index >= 15 is 0 Å². The molecule has 0 amide bonds. The Kier molecular flexibility index (Phi) is 8.11. The van der Waals surface area contributed by atoms with Crippen LogP contribution in [-0.2, 0) is 9.53 Å². The van der Waals surface area contributed by atoms with Gasteiger partial charge < -0.3 is 9.64 Å². The molecule has 0 radical (unpaired) electrons. The fraction of sp³-hybridized carbons (Fsp3) is 0.938. The van der Waals surface area contributed by atoms with E-state index in [2.05, 4.69) is 25.7 Å². The van der Waals surface area contributed by atoms with Gasteiger partial charge >= 0.3 is 5.97 Å². The monoisotopic (exact) mass is 269 g/mol. The van der Waals surface area contributed by atoms with E-state index in [4.69, 9.17) is 4.74 Å². The summed E-state index contributed by atoms with van der Waals surface area (Å²) in [6.45, 7) is 9.85. The number of esters is 1. The standard InChI is InChI=1S/C16H31NO2/c1-4-15(14-10-8-7-9-11-14)16(18)19-13-12-17(5-2)6-3/h14-15H,4-13H2,1-3H3/t15-/m1/s1. The van der Waals surface area contributed by atoms with Crippen molar-refractivity contribution in [3.8, 4) is 0 Å². The van der Waals surface area contributed by atoms with Crippen LogP contribution in [0.4, 0.5) is 0 Å². The highest BCUT2D eigenvalue weighted by molar-refractivity contribution is 5.72. The minimum Gasteiger partial charge on any atom is -0.464 e. The topological polar surface area (TPSA) is 29.5 Å². The summed E-state index contributed by atoms with van der Waals surface area (Å²) in [5.41, 5.74) is 0. The summed E-state index contributed by atoms with van der Waals surface area (Å²) in [6, 6.07) is 0. The van der Waals surface area contributed by atoms with Gasteiger partial charge in [0.15, 0.2) is 0 Å². The summed E-state index contributed by atoms with van der Waals surface area (Å²) in [6.07, 6.45) is 7.26. The fourth-order valence-electron chi connectivity index (χ4n) is 3.15. The molecule has 3 nitrogen and oxygen atoms in total. The van der Waals surface area contributed by atoms with E-state index < -0.39 is 0 Å². The molecule has 0 saturated heterocycles. The van der Waals surface area contributed by atoms with Crippen LogP contribution in [0.15, 0.2) is 0 Å². The lowest BCUT2D eigenvalue weighted by molar-refractivity contribution is -0.151. The van der Waals surface area contributed by atoms with Crippen LogP contribution in [0.2, 0.25) is 0 Å². The number of carbonyl (C=O) groups is 1. The van der Waals surface area contributed by atoms with Crippen LogP contribution < -0.4 is 0 Å². The Hall–Kier alpha value is -0.570. The summed E-state index contributed by atoms with van der Waals surface area (Å²) in [4.78, 5) is 14.5. The van der Waals surface area contributed by atoms with Gasteiger partial charge in [0.2, 0.25) is 0 Å². The predicted molar refractivity (Wildman–Crippen MR) is 79.1 cm³/mol. The SMILES string of the molecule is CC[C@@H](C(=O)OCCN(CC)CC)C1CCCCC1. The molecular formula is C16H31NO2. The Balaban J connectivity index is 2.32. The molecule has 0 spiro atoms. The molecule has 0 aromatic carbocycles. The molecule has 1 aliphatic rings. The van der Waals surface area contributed by atoms with E-state index in [9.17, 15) is 4.79 Å². The maximum atomic E-state index is 12.2. The third kappa shape index (κ3) is 5.52. The zero-order chi connectivity index (χ0) is 14.1. The molecule has 0 aliphatic heterocycles. The number of carbonyl (C=O) groups excluding carboxylic acids is 1. The quantitative estimate of drug-likeness (QED) is 0.632. The van der Waals surface area contributed by atoms with E-state index in [1.165, 1.54) is 32.1 Å². The Morgan fingerprint density at radius 1 is 1.16 bits per heavy atom. The molecule has 0 aromatic heterocycles. The lowest BCUT2D eigenvalue weighted by Crippen LogP contribution is -2.31. The zero-order valence-electron chi connectivity index (χ0n) is 13.0. The second-order valence-corrected chi connectivity index (χ2v) is 5.61. The third-order valence-electron chi connectivity index (χ3n) is 4.51. The second-order valence-electron chi connectivity index (χ2n) is 5.61. The van der Waals surface area contributed by atoms with Gasteiger partial charge in [-0.25, -0.2) is 0 Å². The van der Waals surface area contributed by atoms with Gasteiger partial charge in [-0.3, -0.25) is 4.79 Å². The largest absolute Gasteiger partial charge is 0.464 e. The summed E-state index contributed by atoms with van der Waals surface area (Å²) in [7, 11) is 0. The average molecular weight is 269 g/mol. The van der Waals surface area contributed by atoms with E-state index in [-0.39, 0.29) is 11.9 Å². The van der Waals surface area contributed by atoms with Crippen LogP contribution in [0.3, 0.4) is 0 Å². The molecule has 1 rings (SSSR count). The minimum absolute atomic E-state index is 0.0431. The van der Waals surface area contributed by atoms with Gasteiger partial charge in [0.05, 0.1) is 5.92 Å². The highest BCUT2D eigenvalue weighted by Crippen LogP contribution is 2.32. The molecule has 1 aliphatic carbocycles. The highest BCUT2D eigenvalue weighted by Gasteiger charge is 2.29. The van der Waals surface area contributed by atoms with Crippen LogP contribution in [0, 0.1) is 11.8 Å². The maximum Gasteiger partial charge on any atom is 0.309 e. The number of rotatable bonds is 8. The minimum atomic E-state index is 0.0431. The predicted octanol–water partition coefficient (Wildman–Crippen LogP) is 3.48. The molecular weight excluding hydrogens is 238 g/mol. The third-order valence-corrected chi connectivity index (χ3v) is 4.51. The Labute approximate surface area is 118 Å². The molecule has 1 fully saturated rings.